The molecule has 0 unspecified atom stereocenters. The predicted molar refractivity (Wildman–Crippen MR) is 81.2 cm³/mol. The maximum absolute atomic E-state index is 12.1. The first kappa shape index (κ1) is 16.1. The van der Waals surface area contributed by atoms with E-state index in [-0.39, 0.29) is 16.9 Å². The minimum atomic E-state index is -0.196. The lowest BCUT2D eigenvalue weighted by Crippen LogP contribution is -2.25. The quantitative estimate of drug-likeness (QED) is 0.791. The third-order valence-corrected chi connectivity index (χ3v) is 3.06. The Bertz CT molecular complexity index is 515. The number of carbonyl (C=O) groups excluding carboxylic acids is 2. The summed E-state index contributed by atoms with van der Waals surface area (Å²) in [6, 6.07) is 4.81. The lowest BCUT2D eigenvalue weighted by atomic mass is 10.0. The van der Waals surface area contributed by atoms with Crippen LogP contribution in [0.25, 0.3) is 0 Å². The fourth-order valence-corrected chi connectivity index (χ4v) is 1.74. The van der Waals surface area contributed by atoms with Crippen molar-refractivity contribution >= 4 is 29.1 Å². The zero-order valence-corrected chi connectivity index (χ0v) is 13.1. The van der Waals surface area contributed by atoms with Crippen LogP contribution in [0.1, 0.15) is 26.3 Å². The largest absolute Gasteiger partial charge is 0.486 e. The highest BCUT2D eigenvalue weighted by molar-refractivity contribution is 7.80. The molecule has 5 nitrogen and oxygen atoms in total. The van der Waals surface area contributed by atoms with Crippen LogP contribution in [-0.2, 0) is 4.74 Å². The summed E-state index contributed by atoms with van der Waals surface area (Å²) in [6.07, 6.45) is 0. The number of thiocarbonyl (C=S) groups is 1. The van der Waals surface area contributed by atoms with E-state index in [0.29, 0.717) is 16.7 Å². The topological polar surface area (TPSA) is 49.9 Å². The van der Waals surface area contributed by atoms with Gasteiger partial charge in [0.05, 0.1) is 7.11 Å². The van der Waals surface area contributed by atoms with Gasteiger partial charge >= 0.3 is 0 Å². The molecule has 0 heterocycles. The molecular formula is C14H18N2O3S. The summed E-state index contributed by atoms with van der Waals surface area (Å²) < 4.78 is 5.01. The van der Waals surface area contributed by atoms with Gasteiger partial charge in [-0.3, -0.25) is 9.59 Å². The van der Waals surface area contributed by atoms with Crippen molar-refractivity contribution in [3.05, 3.63) is 34.9 Å². The Morgan fingerprint density at radius 2 is 1.25 bits per heavy atom. The summed E-state index contributed by atoms with van der Waals surface area (Å²) in [5.74, 6) is -0.392. The Balaban J connectivity index is 3.39. The maximum atomic E-state index is 12.1. The van der Waals surface area contributed by atoms with Crippen molar-refractivity contribution < 1.29 is 14.3 Å². The Hall–Kier alpha value is -1.95. The fourth-order valence-electron chi connectivity index (χ4n) is 1.63. The first-order chi connectivity index (χ1) is 9.27. The summed E-state index contributed by atoms with van der Waals surface area (Å²) in [5, 5.41) is 0.242. The molecule has 0 fully saturated rings. The Morgan fingerprint density at radius 3 is 1.55 bits per heavy atom. The number of rotatable bonds is 3. The second-order valence-corrected chi connectivity index (χ2v) is 5.06. The van der Waals surface area contributed by atoms with Gasteiger partial charge < -0.3 is 14.5 Å². The van der Waals surface area contributed by atoms with Gasteiger partial charge in [0.2, 0.25) is 0 Å². The van der Waals surface area contributed by atoms with Crippen LogP contribution in [0.4, 0.5) is 0 Å². The molecule has 108 valence electrons. The molecule has 0 aliphatic heterocycles. The molecule has 0 spiro atoms. The van der Waals surface area contributed by atoms with Crippen LogP contribution in [-0.4, -0.2) is 62.0 Å². The standard InChI is InChI=1S/C14H18N2O3S/c1-15(2)12(17)9-6-10(13(18)16(3)4)8-11(7-9)14(20)19-5/h6-8H,1-5H3. The highest BCUT2D eigenvalue weighted by Crippen LogP contribution is 2.15. The van der Waals surface area contributed by atoms with E-state index in [1.54, 1.807) is 46.4 Å². The molecule has 1 aromatic rings. The Labute approximate surface area is 124 Å². The smallest absolute Gasteiger partial charge is 0.253 e. The molecule has 0 aliphatic carbocycles. The molecule has 0 saturated heterocycles. The van der Waals surface area contributed by atoms with Crippen LogP contribution in [0, 0.1) is 0 Å². The number of hydrogen-bond donors (Lipinski definition) is 0. The van der Waals surface area contributed by atoms with E-state index in [1.807, 2.05) is 0 Å². The number of nitrogens with zero attached hydrogens (tertiary/aromatic N) is 2. The Morgan fingerprint density at radius 1 is 0.900 bits per heavy atom. The third-order valence-electron chi connectivity index (χ3n) is 2.66. The molecule has 0 N–H and O–H groups in total. The summed E-state index contributed by atoms with van der Waals surface area (Å²) in [4.78, 5) is 27.0. The number of benzene rings is 1. The van der Waals surface area contributed by atoms with E-state index >= 15 is 0 Å². The normalized spacial score (nSPS) is 9.85. The molecule has 6 heteroatoms. The summed E-state index contributed by atoms with van der Waals surface area (Å²) in [6.45, 7) is 0. The zero-order valence-electron chi connectivity index (χ0n) is 12.3. The molecule has 0 radical (unpaired) electrons. The average molecular weight is 294 g/mol. The SMILES string of the molecule is COC(=S)c1cc(C(=O)N(C)C)cc(C(=O)N(C)C)c1. The minimum absolute atomic E-state index is 0.196. The first-order valence-electron chi connectivity index (χ1n) is 5.94. The van der Waals surface area contributed by atoms with Crippen LogP contribution < -0.4 is 0 Å². The number of amides is 2. The van der Waals surface area contributed by atoms with Gasteiger partial charge in [-0.25, -0.2) is 0 Å². The van der Waals surface area contributed by atoms with Gasteiger partial charge in [-0.15, -0.1) is 0 Å². The van der Waals surface area contributed by atoms with Crippen LogP contribution in [0.3, 0.4) is 0 Å². The molecule has 0 atom stereocenters. The summed E-state index contributed by atoms with van der Waals surface area (Å²) >= 11 is 5.07. The van der Waals surface area contributed by atoms with Gasteiger partial charge in [0.25, 0.3) is 11.8 Å². The number of ether oxygens (including phenoxy) is 1. The van der Waals surface area contributed by atoms with E-state index in [2.05, 4.69) is 0 Å². The van der Waals surface area contributed by atoms with Gasteiger partial charge in [-0.1, -0.05) is 0 Å². The van der Waals surface area contributed by atoms with Crippen LogP contribution in [0.5, 0.6) is 0 Å². The van der Waals surface area contributed by atoms with Gasteiger partial charge in [0.15, 0.2) is 5.05 Å². The summed E-state index contributed by atoms with van der Waals surface area (Å²) in [7, 11) is 8.05. The van der Waals surface area contributed by atoms with Crippen LogP contribution >= 0.6 is 12.2 Å². The van der Waals surface area contributed by atoms with Crippen molar-refractivity contribution in [3.8, 4) is 0 Å². The predicted octanol–water partition coefficient (Wildman–Crippen LogP) is 1.41. The Kier molecular flexibility index (Phi) is 5.21. The first-order valence-corrected chi connectivity index (χ1v) is 6.35. The number of hydrogen-bond acceptors (Lipinski definition) is 4. The molecule has 0 aliphatic rings. The van der Waals surface area contributed by atoms with Crippen LogP contribution in [0.15, 0.2) is 18.2 Å². The highest BCUT2D eigenvalue weighted by Gasteiger charge is 2.17. The molecule has 1 rings (SSSR count). The molecule has 1 aromatic carbocycles. The van der Waals surface area contributed by atoms with Crippen LogP contribution in [0.2, 0.25) is 0 Å². The van der Waals surface area contributed by atoms with Gasteiger partial charge in [0.1, 0.15) is 0 Å². The van der Waals surface area contributed by atoms with Crippen molar-refractivity contribution in [2.24, 2.45) is 0 Å². The van der Waals surface area contributed by atoms with Gasteiger partial charge in [-0.2, -0.15) is 0 Å². The minimum Gasteiger partial charge on any atom is -0.486 e. The van der Waals surface area contributed by atoms with E-state index in [1.165, 1.54) is 16.9 Å². The van der Waals surface area contributed by atoms with E-state index in [0.717, 1.165) is 0 Å². The van der Waals surface area contributed by atoms with Crippen molar-refractivity contribution in [2.45, 2.75) is 0 Å². The summed E-state index contributed by atoms with van der Waals surface area (Å²) in [5.41, 5.74) is 1.34. The second-order valence-electron chi connectivity index (χ2n) is 4.69. The van der Waals surface area contributed by atoms with Crippen molar-refractivity contribution in [3.63, 3.8) is 0 Å². The molecule has 2 amide bonds. The highest BCUT2D eigenvalue weighted by atomic mass is 32.1. The lowest BCUT2D eigenvalue weighted by molar-refractivity contribution is 0.0826. The molecule has 0 saturated carbocycles. The average Bonchev–Trinajstić information content (AvgIpc) is 2.43. The zero-order chi connectivity index (χ0) is 15.4. The number of methoxy groups -OCH3 is 1. The second kappa shape index (κ2) is 6.47. The monoisotopic (exact) mass is 294 g/mol. The molecule has 0 bridgehead atoms. The fraction of sp³-hybridized carbons (Fsp3) is 0.357. The maximum Gasteiger partial charge on any atom is 0.253 e. The van der Waals surface area contributed by atoms with Gasteiger partial charge in [-0.05, 0) is 30.4 Å². The third kappa shape index (κ3) is 3.54. The number of carbonyl (C=O) groups is 2. The van der Waals surface area contributed by atoms with E-state index < -0.39 is 0 Å². The molecular weight excluding hydrogens is 276 g/mol. The molecule has 0 aromatic heterocycles. The van der Waals surface area contributed by atoms with E-state index in [9.17, 15) is 9.59 Å². The van der Waals surface area contributed by atoms with E-state index in [4.69, 9.17) is 17.0 Å². The van der Waals surface area contributed by atoms with Crippen molar-refractivity contribution in [2.75, 3.05) is 35.3 Å². The lowest BCUT2D eigenvalue weighted by Gasteiger charge is -2.15. The van der Waals surface area contributed by atoms with Gasteiger partial charge in [0, 0.05) is 44.9 Å². The molecule has 20 heavy (non-hydrogen) atoms. The van der Waals surface area contributed by atoms with Crippen molar-refractivity contribution in [1.29, 1.82) is 0 Å². The van der Waals surface area contributed by atoms with Crippen molar-refractivity contribution in [1.82, 2.24) is 9.80 Å².